The van der Waals surface area contributed by atoms with Crippen LogP contribution in [0.3, 0.4) is 0 Å². The summed E-state index contributed by atoms with van der Waals surface area (Å²) in [6.45, 7) is 5.81. The van der Waals surface area contributed by atoms with Crippen LogP contribution in [0, 0.1) is 0 Å². The first-order chi connectivity index (χ1) is 22.6. The molecule has 1 unspecified atom stereocenters. The van der Waals surface area contributed by atoms with Crippen molar-refractivity contribution in [2.24, 2.45) is 0 Å². The van der Waals surface area contributed by atoms with Gasteiger partial charge in [-0.2, -0.15) is 0 Å². The minimum absolute atomic E-state index is 0.145. The summed E-state index contributed by atoms with van der Waals surface area (Å²) in [5, 5.41) is 3.90. The number of alkyl carbamates (subject to hydrolysis) is 1. The maximum Gasteiger partial charge on any atom is 0.408 e. The Labute approximate surface area is 278 Å². The fraction of sp³-hybridized carbons (Fsp3) is 0.297. The summed E-state index contributed by atoms with van der Waals surface area (Å²) in [7, 11) is 0. The SMILES string of the molecule is CC(C)(C)OC(=O)N[C@@H]1C(=O)N2C(C(=O)OC(c3ccccc3)c3ccccc3)C(C=C3CCCN(c4ccccc4)C3=O)=CS[C@H]12. The molecule has 2 fully saturated rings. The number of para-hydroxylation sites is 1. The monoisotopic (exact) mass is 651 g/mol. The number of fused-ring (bicyclic) bond motifs is 1. The average Bonchev–Trinajstić information content (AvgIpc) is 3.07. The molecule has 47 heavy (non-hydrogen) atoms. The largest absolute Gasteiger partial charge is 0.451 e. The number of hydrogen-bond donors (Lipinski definition) is 1. The number of benzene rings is 3. The number of amides is 3. The normalized spacial score (nSPS) is 21.9. The number of esters is 1. The van der Waals surface area contributed by atoms with Crippen LogP contribution in [-0.4, -0.2) is 58.4 Å². The zero-order chi connectivity index (χ0) is 33.1. The van der Waals surface area contributed by atoms with Gasteiger partial charge in [0.05, 0.1) is 0 Å². The highest BCUT2D eigenvalue weighted by atomic mass is 32.2. The van der Waals surface area contributed by atoms with Crippen LogP contribution in [0.4, 0.5) is 10.5 Å². The number of carbonyl (C=O) groups is 4. The molecule has 3 amide bonds. The molecule has 0 bridgehead atoms. The minimum Gasteiger partial charge on any atom is -0.451 e. The van der Waals surface area contributed by atoms with Crippen LogP contribution >= 0.6 is 11.8 Å². The predicted octanol–water partition coefficient (Wildman–Crippen LogP) is 6.13. The number of nitrogens with one attached hydrogen (secondary N) is 1. The topological polar surface area (TPSA) is 105 Å². The molecule has 1 N–H and O–H groups in total. The number of rotatable bonds is 7. The molecule has 3 aliphatic heterocycles. The van der Waals surface area contributed by atoms with Gasteiger partial charge in [0.15, 0.2) is 12.1 Å². The Bertz CT molecular complexity index is 1660. The smallest absolute Gasteiger partial charge is 0.408 e. The van der Waals surface area contributed by atoms with E-state index in [1.165, 1.54) is 16.7 Å². The first-order valence-electron chi connectivity index (χ1n) is 15.7. The highest BCUT2D eigenvalue weighted by Gasteiger charge is 2.56. The third-order valence-electron chi connectivity index (χ3n) is 8.11. The highest BCUT2D eigenvalue weighted by molar-refractivity contribution is 8.03. The van der Waals surface area contributed by atoms with E-state index >= 15 is 0 Å². The predicted molar refractivity (Wildman–Crippen MR) is 180 cm³/mol. The first-order valence-corrected chi connectivity index (χ1v) is 16.6. The Morgan fingerprint density at radius 1 is 0.915 bits per heavy atom. The molecule has 10 heteroatoms. The molecule has 3 aliphatic rings. The van der Waals surface area contributed by atoms with Gasteiger partial charge in [-0.15, -0.1) is 11.8 Å². The van der Waals surface area contributed by atoms with Gasteiger partial charge in [-0.25, -0.2) is 9.59 Å². The number of hydrogen-bond acceptors (Lipinski definition) is 7. The standard InChI is InChI=1S/C37H37N3O6S/c1-37(2,3)46-36(44)38-29-33(42)40-30(35(43)45-31(24-14-7-4-8-15-24)25-16-9-5-10-17-25)27(23-47-34(29)40)22-26-18-13-21-39(32(26)41)28-19-11-6-12-20-28/h4-12,14-17,19-20,22-23,29-31,34H,13,18,21H2,1-3H3,(H,38,44)/t29-,30?,34-/m1/s1. The molecule has 6 rings (SSSR count). The molecule has 242 valence electrons. The van der Waals surface area contributed by atoms with E-state index in [0.717, 1.165) is 23.2 Å². The highest BCUT2D eigenvalue weighted by Crippen LogP contribution is 2.42. The van der Waals surface area contributed by atoms with Crippen molar-refractivity contribution in [1.82, 2.24) is 10.2 Å². The summed E-state index contributed by atoms with van der Waals surface area (Å²) in [4.78, 5) is 57.5. The molecule has 3 aromatic carbocycles. The molecule has 9 nitrogen and oxygen atoms in total. The molecular weight excluding hydrogens is 614 g/mol. The number of β-lactam (4-membered cyclic amide) rings is 1. The van der Waals surface area contributed by atoms with Crippen molar-refractivity contribution in [3.8, 4) is 0 Å². The van der Waals surface area contributed by atoms with Crippen LogP contribution in [0.2, 0.25) is 0 Å². The molecule has 2 saturated heterocycles. The van der Waals surface area contributed by atoms with E-state index in [1.54, 1.807) is 37.2 Å². The van der Waals surface area contributed by atoms with Gasteiger partial charge in [-0.05, 0) is 73.9 Å². The molecule has 0 aromatic heterocycles. The van der Waals surface area contributed by atoms with Gasteiger partial charge in [-0.1, -0.05) is 78.9 Å². The van der Waals surface area contributed by atoms with Gasteiger partial charge in [0, 0.05) is 17.8 Å². The van der Waals surface area contributed by atoms with E-state index in [-0.39, 0.29) is 5.91 Å². The molecular formula is C37H37N3O6S. The Balaban J connectivity index is 1.33. The Kier molecular flexibility index (Phi) is 9.22. The Morgan fingerprint density at radius 3 is 2.11 bits per heavy atom. The van der Waals surface area contributed by atoms with Crippen molar-refractivity contribution in [3.05, 3.63) is 125 Å². The van der Waals surface area contributed by atoms with E-state index in [4.69, 9.17) is 9.47 Å². The fourth-order valence-corrected chi connectivity index (χ4v) is 7.16. The number of piperidine rings is 1. The third kappa shape index (κ3) is 6.97. The Hall–Kier alpha value is -4.83. The zero-order valence-corrected chi connectivity index (χ0v) is 27.3. The summed E-state index contributed by atoms with van der Waals surface area (Å²) in [6.07, 6.45) is 1.56. The van der Waals surface area contributed by atoms with E-state index in [1.807, 2.05) is 91.0 Å². The number of anilines is 1. The quantitative estimate of drug-likeness (QED) is 0.186. The molecule has 0 aliphatic carbocycles. The van der Waals surface area contributed by atoms with Crippen molar-refractivity contribution in [2.75, 3.05) is 11.4 Å². The number of thioether (sulfide) groups is 1. The Morgan fingerprint density at radius 2 is 1.51 bits per heavy atom. The second-order valence-corrected chi connectivity index (χ2v) is 13.6. The lowest BCUT2D eigenvalue weighted by Gasteiger charge is -2.51. The lowest BCUT2D eigenvalue weighted by Crippen LogP contribution is -2.74. The van der Waals surface area contributed by atoms with Gasteiger partial charge < -0.3 is 24.6 Å². The summed E-state index contributed by atoms with van der Waals surface area (Å²) in [5.74, 6) is -1.21. The van der Waals surface area contributed by atoms with Gasteiger partial charge in [0.25, 0.3) is 5.91 Å². The van der Waals surface area contributed by atoms with Crippen LogP contribution < -0.4 is 10.2 Å². The number of nitrogens with zero attached hydrogens (tertiary/aromatic N) is 2. The minimum atomic E-state index is -1.13. The van der Waals surface area contributed by atoms with Crippen molar-refractivity contribution in [3.63, 3.8) is 0 Å². The molecule has 0 spiro atoms. The van der Waals surface area contributed by atoms with Crippen LogP contribution in [0.5, 0.6) is 0 Å². The summed E-state index contributed by atoms with van der Waals surface area (Å²) in [6, 6.07) is 26.3. The summed E-state index contributed by atoms with van der Waals surface area (Å²) >= 11 is 1.31. The second-order valence-electron chi connectivity index (χ2n) is 12.6. The first kappa shape index (κ1) is 32.1. The van der Waals surface area contributed by atoms with Crippen LogP contribution in [0.25, 0.3) is 0 Å². The molecule has 3 heterocycles. The summed E-state index contributed by atoms with van der Waals surface area (Å²) in [5.41, 5.74) is 2.64. The van der Waals surface area contributed by atoms with Crippen LogP contribution in [0.1, 0.15) is 50.8 Å². The molecule has 0 saturated carbocycles. The van der Waals surface area contributed by atoms with Crippen LogP contribution in [0.15, 0.2) is 114 Å². The number of carbonyl (C=O) groups excluding carboxylic acids is 4. The maximum atomic E-state index is 14.3. The summed E-state index contributed by atoms with van der Waals surface area (Å²) < 4.78 is 11.7. The second kappa shape index (κ2) is 13.5. The van der Waals surface area contributed by atoms with E-state index < -0.39 is 47.1 Å². The van der Waals surface area contributed by atoms with Gasteiger partial charge in [0.2, 0.25) is 5.91 Å². The van der Waals surface area contributed by atoms with Crippen molar-refractivity contribution < 1.29 is 28.7 Å². The lowest BCUT2D eigenvalue weighted by molar-refractivity contribution is -0.164. The number of ether oxygens (including phenoxy) is 2. The van der Waals surface area contributed by atoms with E-state index in [0.29, 0.717) is 24.1 Å². The molecule has 3 aromatic rings. The average molecular weight is 652 g/mol. The van der Waals surface area contributed by atoms with Gasteiger partial charge >= 0.3 is 12.1 Å². The third-order valence-corrected chi connectivity index (χ3v) is 9.29. The molecule has 0 radical (unpaired) electrons. The van der Waals surface area contributed by atoms with E-state index in [2.05, 4.69) is 5.32 Å². The molecule has 3 atom stereocenters. The fourth-order valence-electron chi connectivity index (χ4n) is 5.97. The maximum absolute atomic E-state index is 14.3. The van der Waals surface area contributed by atoms with Gasteiger partial charge in [0.1, 0.15) is 17.0 Å². The van der Waals surface area contributed by atoms with E-state index in [9.17, 15) is 19.2 Å². The zero-order valence-electron chi connectivity index (χ0n) is 26.5. The van der Waals surface area contributed by atoms with Crippen molar-refractivity contribution in [2.45, 2.75) is 62.8 Å². The van der Waals surface area contributed by atoms with Gasteiger partial charge in [-0.3, -0.25) is 9.59 Å². The lowest BCUT2D eigenvalue weighted by atomic mass is 9.94. The van der Waals surface area contributed by atoms with Crippen molar-refractivity contribution in [1.29, 1.82) is 0 Å². The van der Waals surface area contributed by atoms with Crippen molar-refractivity contribution >= 4 is 41.3 Å². The van der Waals surface area contributed by atoms with Crippen LogP contribution in [-0.2, 0) is 23.9 Å².